The number of amides is 2. The molecule has 0 fully saturated rings. The number of methoxy groups -OCH3 is 1. The number of thioether (sulfide) groups is 1. The lowest BCUT2D eigenvalue weighted by Gasteiger charge is -2.11. The molecule has 0 bridgehead atoms. The molecule has 9 heteroatoms. The number of hydrogen-bond acceptors (Lipinski definition) is 6. The molecule has 4 aromatic rings. The molecule has 2 N–H and O–H groups in total. The Balaban J connectivity index is 1.41. The summed E-state index contributed by atoms with van der Waals surface area (Å²) in [6, 6.07) is 23.6. The third-order valence-electron chi connectivity index (χ3n) is 4.97. The van der Waals surface area contributed by atoms with Crippen molar-refractivity contribution < 1.29 is 14.3 Å². The molecule has 2 amide bonds. The molecule has 1 aromatic heterocycles. The molecule has 0 saturated carbocycles. The first kappa shape index (κ1) is 23.1. The van der Waals surface area contributed by atoms with Crippen LogP contribution in [0.3, 0.4) is 0 Å². The minimum absolute atomic E-state index is 0.110. The number of nitrogens with zero attached hydrogens (tertiary/aromatic N) is 3. The average molecular weight is 474 g/mol. The highest BCUT2D eigenvalue weighted by Crippen LogP contribution is 2.26. The Morgan fingerprint density at radius 1 is 0.941 bits per heavy atom. The van der Waals surface area contributed by atoms with Crippen LogP contribution in [-0.4, -0.2) is 39.4 Å². The number of aromatic nitrogens is 3. The summed E-state index contributed by atoms with van der Waals surface area (Å²) in [6.07, 6.45) is 0. The summed E-state index contributed by atoms with van der Waals surface area (Å²) in [6.45, 7) is 0. The lowest BCUT2D eigenvalue weighted by atomic mass is 10.1. The van der Waals surface area contributed by atoms with Crippen molar-refractivity contribution in [2.75, 3.05) is 23.5 Å². The van der Waals surface area contributed by atoms with Gasteiger partial charge in [-0.25, -0.2) is 0 Å². The monoisotopic (exact) mass is 473 g/mol. The smallest absolute Gasteiger partial charge is 0.257 e. The van der Waals surface area contributed by atoms with Gasteiger partial charge in [0, 0.05) is 18.3 Å². The predicted octanol–water partition coefficient (Wildman–Crippen LogP) is 4.47. The summed E-state index contributed by atoms with van der Waals surface area (Å²) in [5.74, 6) is 0.953. The van der Waals surface area contributed by atoms with Gasteiger partial charge in [0.05, 0.1) is 24.1 Å². The van der Waals surface area contributed by atoms with Gasteiger partial charge in [-0.3, -0.25) is 9.59 Å². The van der Waals surface area contributed by atoms with E-state index in [9.17, 15) is 9.59 Å². The van der Waals surface area contributed by atoms with Gasteiger partial charge >= 0.3 is 0 Å². The number of anilines is 2. The van der Waals surface area contributed by atoms with E-state index in [1.54, 1.807) is 43.5 Å². The summed E-state index contributed by atoms with van der Waals surface area (Å²) in [5.41, 5.74) is 2.36. The van der Waals surface area contributed by atoms with E-state index in [1.807, 2.05) is 54.1 Å². The minimum Gasteiger partial charge on any atom is -0.497 e. The molecular formula is C25H23N5O3S. The molecule has 0 spiro atoms. The van der Waals surface area contributed by atoms with E-state index in [2.05, 4.69) is 20.8 Å². The number of carbonyl (C=O) groups is 2. The highest BCUT2D eigenvalue weighted by atomic mass is 32.2. The molecule has 4 rings (SSSR count). The lowest BCUT2D eigenvalue weighted by Crippen LogP contribution is -2.19. The molecule has 3 aromatic carbocycles. The summed E-state index contributed by atoms with van der Waals surface area (Å²) in [4.78, 5) is 25.4. The molecule has 0 aliphatic heterocycles. The first-order chi connectivity index (χ1) is 16.5. The quantitative estimate of drug-likeness (QED) is 0.366. The number of ether oxygens (including phenoxy) is 1. The van der Waals surface area contributed by atoms with Crippen LogP contribution in [0.25, 0.3) is 11.4 Å². The minimum atomic E-state index is -0.300. The number of rotatable bonds is 8. The van der Waals surface area contributed by atoms with Crippen LogP contribution in [0.1, 0.15) is 10.4 Å². The molecule has 8 nitrogen and oxygen atoms in total. The summed E-state index contributed by atoms with van der Waals surface area (Å²) in [7, 11) is 3.46. The standard InChI is InChI=1S/C25H23N5O3S/c1-30-23(17-9-8-12-19(15-17)33-2)28-29-25(30)34-16-22(31)27-21-14-7-6-13-20(21)24(32)26-18-10-4-3-5-11-18/h3-15H,16H2,1-2H3,(H,26,32)(H,27,31). The molecular weight excluding hydrogens is 450 g/mol. The molecule has 0 saturated heterocycles. The largest absolute Gasteiger partial charge is 0.497 e. The normalized spacial score (nSPS) is 10.5. The summed E-state index contributed by atoms with van der Waals surface area (Å²) >= 11 is 1.26. The van der Waals surface area contributed by atoms with Crippen LogP contribution in [0.15, 0.2) is 84.0 Å². The first-order valence-corrected chi connectivity index (χ1v) is 11.5. The van der Waals surface area contributed by atoms with Gasteiger partial charge in [-0.15, -0.1) is 10.2 Å². The van der Waals surface area contributed by atoms with Gasteiger partial charge in [-0.1, -0.05) is 54.2 Å². The molecule has 0 atom stereocenters. The van der Waals surface area contributed by atoms with Crippen molar-refractivity contribution in [1.29, 1.82) is 0 Å². The van der Waals surface area contributed by atoms with E-state index in [0.717, 1.165) is 11.3 Å². The fraction of sp³-hybridized carbons (Fsp3) is 0.120. The third-order valence-corrected chi connectivity index (χ3v) is 5.99. The van der Waals surface area contributed by atoms with E-state index >= 15 is 0 Å². The lowest BCUT2D eigenvalue weighted by molar-refractivity contribution is -0.113. The van der Waals surface area contributed by atoms with Gasteiger partial charge < -0.3 is 19.9 Å². The van der Waals surface area contributed by atoms with Gasteiger partial charge in [0.1, 0.15) is 5.75 Å². The molecule has 172 valence electrons. The zero-order chi connectivity index (χ0) is 23.9. The van der Waals surface area contributed by atoms with E-state index in [-0.39, 0.29) is 17.6 Å². The Hall–Kier alpha value is -4.11. The van der Waals surface area contributed by atoms with Crippen molar-refractivity contribution >= 4 is 35.0 Å². The van der Waals surface area contributed by atoms with Crippen LogP contribution in [0, 0.1) is 0 Å². The fourth-order valence-corrected chi connectivity index (χ4v) is 3.99. The topological polar surface area (TPSA) is 98.1 Å². The van der Waals surface area contributed by atoms with Crippen molar-refractivity contribution in [2.45, 2.75) is 5.16 Å². The van der Waals surface area contributed by atoms with Crippen molar-refractivity contribution in [3.05, 3.63) is 84.4 Å². The van der Waals surface area contributed by atoms with Gasteiger partial charge in [0.25, 0.3) is 5.91 Å². The summed E-state index contributed by atoms with van der Waals surface area (Å²) < 4.78 is 7.10. The van der Waals surface area contributed by atoms with Crippen LogP contribution in [0.2, 0.25) is 0 Å². The van der Waals surface area contributed by atoms with Crippen molar-refractivity contribution in [3.8, 4) is 17.1 Å². The molecule has 0 aliphatic rings. The van der Waals surface area contributed by atoms with E-state index in [0.29, 0.717) is 27.9 Å². The van der Waals surface area contributed by atoms with Crippen molar-refractivity contribution in [2.24, 2.45) is 7.05 Å². The predicted molar refractivity (Wildman–Crippen MR) is 133 cm³/mol. The number of nitrogens with one attached hydrogen (secondary N) is 2. The maximum absolute atomic E-state index is 12.7. The Bertz CT molecular complexity index is 1310. The number of hydrogen-bond donors (Lipinski definition) is 2. The van der Waals surface area contributed by atoms with Crippen molar-refractivity contribution in [1.82, 2.24) is 14.8 Å². The second-order valence-electron chi connectivity index (χ2n) is 7.30. The second kappa shape index (κ2) is 10.7. The number of carbonyl (C=O) groups excluding carboxylic acids is 2. The molecule has 1 heterocycles. The molecule has 34 heavy (non-hydrogen) atoms. The van der Waals surface area contributed by atoms with Gasteiger partial charge in [0.15, 0.2) is 11.0 Å². The zero-order valence-corrected chi connectivity index (χ0v) is 19.5. The second-order valence-corrected chi connectivity index (χ2v) is 8.24. The maximum atomic E-state index is 12.7. The van der Waals surface area contributed by atoms with Gasteiger partial charge in [-0.05, 0) is 36.4 Å². The van der Waals surface area contributed by atoms with E-state index in [4.69, 9.17) is 4.74 Å². The number of para-hydroxylation sites is 2. The van der Waals surface area contributed by atoms with Crippen molar-refractivity contribution in [3.63, 3.8) is 0 Å². The SMILES string of the molecule is COc1cccc(-c2nnc(SCC(=O)Nc3ccccc3C(=O)Nc3ccccc3)n2C)c1. The van der Waals surface area contributed by atoms with Gasteiger partial charge in [-0.2, -0.15) is 0 Å². The van der Waals surface area contributed by atoms with Gasteiger partial charge in [0.2, 0.25) is 5.91 Å². The van der Waals surface area contributed by atoms with Crippen LogP contribution < -0.4 is 15.4 Å². The molecule has 0 radical (unpaired) electrons. The van der Waals surface area contributed by atoms with Crippen LogP contribution in [-0.2, 0) is 11.8 Å². The first-order valence-electron chi connectivity index (χ1n) is 10.5. The third kappa shape index (κ3) is 5.44. The Morgan fingerprint density at radius 2 is 1.71 bits per heavy atom. The maximum Gasteiger partial charge on any atom is 0.257 e. The number of benzene rings is 3. The molecule has 0 aliphatic carbocycles. The van der Waals surface area contributed by atoms with Crippen LogP contribution >= 0.6 is 11.8 Å². The highest BCUT2D eigenvalue weighted by molar-refractivity contribution is 7.99. The Kier molecular flexibility index (Phi) is 7.24. The Labute approximate surface area is 201 Å². The average Bonchev–Trinajstić information content (AvgIpc) is 3.23. The van der Waals surface area contributed by atoms with Crippen LogP contribution in [0.4, 0.5) is 11.4 Å². The highest BCUT2D eigenvalue weighted by Gasteiger charge is 2.16. The van der Waals surface area contributed by atoms with Crippen LogP contribution in [0.5, 0.6) is 5.75 Å². The van der Waals surface area contributed by atoms with E-state index < -0.39 is 0 Å². The summed E-state index contributed by atoms with van der Waals surface area (Å²) in [5, 5.41) is 14.7. The fourth-order valence-electron chi connectivity index (χ4n) is 3.28. The molecule has 0 unspecified atom stereocenters. The Morgan fingerprint density at radius 3 is 2.50 bits per heavy atom. The zero-order valence-electron chi connectivity index (χ0n) is 18.7. The van der Waals surface area contributed by atoms with E-state index in [1.165, 1.54) is 11.8 Å².